The summed E-state index contributed by atoms with van der Waals surface area (Å²) in [6.07, 6.45) is 5.54. The second-order valence-corrected chi connectivity index (χ2v) is 4.46. The maximum Gasteiger partial charge on any atom is 0.132 e. The molecular formula is C12H19NO2. The lowest BCUT2D eigenvalue weighted by Crippen LogP contribution is -2.41. The summed E-state index contributed by atoms with van der Waals surface area (Å²) >= 11 is 0. The molecule has 2 heterocycles. The molecule has 0 saturated carbocycles. The second-order valence-electron chi connectivity index (χ2n) is 4.46. The SMILES string of the molecule is CC1CCCC(CC(O)c2ccco2)N1. The lowest BCUT2D eigenvalue weighted by Gasteiger charge is -2.29. The number of aliphatic hydroxyl groups excluding tert-OH is 1. The summed E-state index contributed by atoms with van der Waals surface area (Å²) in [5.41, 5.74) is 0. The van der Waals surface area contributed by atoms with Crippen molar-refractivity contribution in [3.63, 3.8) is 0 Å². The monoisotopic (exact) mass is 209 g/mol. The standard InChI is InChI=1S/C12H19NO2/c1-9-4-2-5-10(13-9)8-11(14)12-6-3-7-15-12/h3,6-7,9-11,13-14H,2,4-5,8H2,1H3. The highest BCUT2D eigenvalue weighted by Crippen LogP contribution is 2.23. The summed E-state index contributed by atoms with van der Waals surface area (Å²) in [7, 11) is 0. The van der Waals surface area contributed by atoms with Crippen LogP contribution < -0.4 is 5.32 Å². The molecule has 0 aromatic carbocycles. The lowest BCUT2D eigenvalue weighted by molar-refractivity contribution is 0.117. The van der Waals surface area contributed by atoms with Gasteiger partial charge in [-0.05, 0) is 38.3 Å². The number of nitrogens with one attached hydrogen (secondary N) is 1. The summed E-state index contributed by atoms with van der Waals surface area (Å²) < 4.78 is 5.19. The van der Waals surface area contributed by atoms with Crippen molar-refractivity contribution < 1.29 is 9.52 Å². The molecule has 15 heavy (non-hydrogen) atoms. The maximum atomic E-state index is 9.91. The van der Waals surface area contributed by atoms with Crippen molar-refractivity contribution in [2.45, 2.75) is 50.8 Å². The van der Waals surface area contributed by atoms with Crippen molar-refractivity contribution in [2.24, 2.45) is 0 Å². The normalized spacial score (nSPS) is 28.9. The zero-order valence-corrected chi connectivity index (χ0v) is 9.15. The van der Waals surface area contributed by atoms with E-state index < -0.39 is 6.10 Å². The van der Waals surface area contributed by atoms with Gasteiger partial charge in [0.1, 0.15) is 11.9 Å². The van der Waals surface area contributed by atoms with E-state index >= 15 is 0 Å². The molecule has 1 aliphatic heterocycles. The third-order valence-electron chi connectivity index (χ3n) is 3.09. The number of furan rings is 1. The summed E-state index contributed by atoms with van der Waals surface area (Å²) in [6, 6.07) is 4.65. The van der Waals surface area contributed by atoms with Crippen molar-refractivity contribution in [1.82, 2.24) is 5.32 Å². The minimum atomic E-state index is -0.470. The minimum Gasteiger partial charge on any atom is -0.467 e. The first-order valence-corrected chi connectivity index (χ1v) is 5.73. The Labute approximate surface area is 90.5 Å². The number of rotatable bonds is 3. The van der Waals surface area contributed by atoms with Crippen LogP contribution in [-0.2, 0) is 0 Å². The topological polar surface area (TPSA) is 45.4 Å². The third-order valence-corrected chi connectivity index (χ3v) is 3.09. The van der Waals surface area contributed by atoms with E-state index in [1.807, 2.05) is 12.1 Å². The van der Waals surface area contributed by atoms with Crippen LogP contribution >= 0.6 is 0 Å². The van der Waals surface area contributed by atoms with Crippen LogP contribution in [0.1, 0.15) is 44.5 Å². The van der Waals surface area contributed by atoms with Crippen LogP contribution in [0.5, 0.6) is 0 Å². The molecule has 3 heteroatoms. The molecular weight excluding hydrogens is 190 g/mol. The zero-order valence-electron chi connectivity index (χ0n) is 9.15. The van der Waals surface area contributed by atoms with Crippen LogP contribution in [0.15, 0.2) is 22.8 Å². The molecule has 1 aromatic heterocycles. The van der Waals surface area contributed by atoms with Crippen molar-refractivity contribution in [3.8, 4) is 0 Å². The minimum absolute atomic E-state index is 0.425. The molecule has 2 N–H and O–H groups in total. The van der Waals surface area contributed by atoms with Crippen LogP contribution in [0.2, 0.25) is 0 Å². The predicted octanol–water partition coefficient (Wildman–Crippen LogP) is 2.23. The maximum absolute atomic E-state index is 9.91. The fourth-order valence-corrected chi connectivity index (χ4v) is 2.29. The van der Waals surface area contributed by atoms with Gasteiger partial charge in [0, 0.05) is 12.1 Å². The largest absolute Gasteiger partial charge is 0.467 e. The molecule has 1 saturated heterocycles. The quantitative estimate of drug-likeness (QED) is 0.802. The van der Waals surface area contributed by atoms with Gasteiger partial charge in [-0.1, -0.05) is 6.42 Å². The van der Waals surface area contributed by atoms with Crippen LogP contribution in [0, 0.1) is 0 Å². The summed E-state index contributed by atoms with van der Waals surface area (Å²) in [6.45, 7) is 2.20. The summed E-state index contributed by atoms with van der Waals surface area (Å²) in [5.74, 6) is 0.676. The van der Waals surface area contributed by atoms with E-state index in [0.29, 0.717) is 17.8 Å². The zero-order chi connectivity index (χ0) is 10.7. The Hall–Kier alpha value is -0.800. The number of hydrogen-bond acceptors (Lipinski definition) is 3. The van der Waals surface area contributed by atoms with Crippen LogP contribution in [0.3, 0.4) is 0 Å². The van der Waals surface area contributed by atoms with E-state index in [1.165, 1.54) is 12.8 Å². The Morgan fingerprint density at radius 2 is 2.47 bits per heavy atom. The van der Waals surface area contributed by atoms with Crippen molar-refractivity contribution >= 4 is 0 Å². The predicted molar refractivity (Wildman–Crippen MR) is 58.5 cm³/mol. The highest BCUT2D eigenvalue weighted by Gasteiger charge is 2.22. The van der Waals surface area contributed by atoms with E-state index in [0.717, 1.165) is 12.8 Å². The molecule has 1 fully saturated rings. The molecule has 0 bridgehead atoms. The van der Waals surface area contributed by atoms with E-state index in [4.69, 9.17) is 4.42 Å². The van der Waals surface area contributed by atoms with Gasteiger partial charge < -0.3 is 14.8 Å². The first-order chi connectivity index (χ1) is 7.25. The Balaban J connectivity index is 1.86. The van der Waals surface area contributed by atoms with E-state index in [9.17, 15) is 5.11 Å². The smallest absolute Gasteiger partial charge is 0.132 e. The first kappa shape index (κ1) is 10.7. The molecule has 3 atom stereocenters. The number of aliphatic hydroxyl groups is 1. The van der Waals surface area contributed by atoms with Gasteiger partial charge in [-0.15, -0.1) is 0 Å². The highest BCUT2D eigenvalue weighted by atomic mass is 16.4. The fraction of sp³-hybridized carbons (Fsp3) is 0.667. The van der Waals surface area contributed by atoms with Gasteiger partial charge in [-0.25, -0.2) is 0 Å². The average Bonchev–Trinajstić information content (AvgIpc) is 2.70. The van der Waals surface area contributed by atoms with Gasteiger partial charge in [-0.2, -0.15) is 0 Å². The van der Waals surface area contributed by atoms with E-state index in [1.54, 1.807) is 6.26 Å². The Bertz CT molecular complexity index is 284. The molecule has 3 nitrogen and oxygen atoms in total. The Kier molecular flexibility index (Phi) is 3.44. The molecule has 0 radical (unpaired) electrons. The molecule has 1 aliphatic rings. The van der Waals surface area contributed by atoms with Crippen molar-refractivity contribution in [2.75, 3.05) is 0 Å². The first-order valence-electron chi connectivity index (χ1n) is 5.73. The van der Waals surface area contributed by atoms with Gasteiger partial charge in [-0.3, -0.25) is 0 Å². The summed E-state index contributed by atoms with van der Waals surface area (Å²) in [5, 5.41) is 13.4. The second kappa shape index (κ2) is 4.81. The van der Waals surface area contributed by atoms with Gasteiger partial charge in [0.15, 0.2) is 0 Å². The van der Waals surface area contributed by atoms with Gasteiger partial charge >= 0.3 is 0 Å². The number of piperidine rings is 1. The number of hydrogen-bond donors (Lipinski definition) is 2. The van der Waals surface area contributed by atoms with Crippen molar-refractivity contribution in [3.05, 3.63) is 24.2 Å². The van der Waals surface area contributed by atoms with Gasteiger partial charge in [0.05, 0.1) is 6.26 Å². The van der Waals surface area contributed by atoms with Gasteiger partial charge in [0.25, 0.3) is 0 Å². The van der Waals surface area contributed by atoms with Crippen LogP contribution in [-0.4, -0.2) is 17.2 Å². The fourth-order valence-electron chi connectivity index (χ4n) is 2.29. The molecule has 0 amide bonds. The molecule has 84 valence electrons. The van der Waals surface area contributed by atoms with Gasteiger partial charge in [0.2, 0.25) is 0 Å². The highest BCUT2D eigenvalue weighted by molar-refractivity contribution is 5.02. The third kappa shape index (κ3) is 2.83. The van der Waals surface area contributed by atoms with E-state index in [2.05, 4.69) is 12.2 Å². The summed E-state index contributed by atoms with van der Waals surface area (Å²) in [4.78, 5) is 0. The average molecular weight is 209 g/mol. The molecule has 0 spiro atoms. The molecule has 0 aliphatic carbocycles. The van der Waals surface area contributed by atoms with Crippen molar-refractivity contribution in [1.29, 1.82) is 0 Å². The molecule has 1 aromatic rings. The Morgan fingerprint density at radius 3 is 3.13 bits per heavy atom. The van der Waals surface area contributed by atoms with E-state index in [-0.39, 0.29) is 0 Å². The lowest BCUT2D eigenvalue weighted by atomic mass is 9.95. The molecule has 3 unspecified atom stereocenters. The Morgan fingerprint density at radius 1 is 1.60 bits per heavy atom. The molecule has 2 rings (SSSR count). The van der Waals surface area contributed by atoms with Crippen LogP contribution in [0.25, 0.3) is 0 Å². The van der Waals surface area contributed by atoms with Crippen LogP contribution in [0.4, 0.5) is 0 Å².